The molecule has 0 amide bonds. The molecule has 8 heteroatoms. The minimum Gasteiger partial charge on any atom is -0.494 e. The fourth-order valence-electron chi connectivity index (χ4n) is 3.60. The molecule has 0 bridgehead atoms. The first-order valence-corrected chi connectivity index (χ1v) is 12.4. The maximum absolute atomic E-state index is 13.0. The Morgan fingerprint density at radius 2 is 1.74 bits per heavy atom. The highest BCUT2D eigenvalue weighted by molar-refractivity contribution is 7.91. The van der Waals surface area contributed by atoms with E-state index in [-0.39, 0.29) is 36.5 Å². The molecule has 1 heterocycles. The Balaban J connectivity index is 1.62. The van der Waals surface area contributed by atoms with Crippen LogP contribution in [0.1, 0.15) is 25.3 Å². The lowest BCUT2D eigenvalue weighted by atomic mass is 10.1. The summed E-state index contributed by atoms with van der Waals surface area (Å²) in [4.78, 5) is 2.01. The van der Waals surface area contributed by atoms with Gasteiger partial charge < -0.3 is 14.6 Å². The van der Waals surface area contributed by atoms with Crippen molar-refractivity contribution in [2.45, 2.75) is 38.5 Å². The number of sulfone groups is 1. The molecule has 170 valence electrons. The van der Waals surface area contributed by atoms with Crippen molar-refractivity contribution in [2.75, 3.05) is 31.3 Å². The molecule has 2 atom stereocenters. The van der Waals surface area contributed by atoms with E-state index in [0.717, 1.165) is 17.7 Å². The standard InChI is InChI=1S/C23H30FNO5S/c1-2-12-29-22-7-3-18(4-8-22)14-25(20-11-13-31(27,28)17-20)15-21(26)16-30-23-9-5-19(24)6-10-23/h3-10,20-21,26H,2,11-17H2,1H3. The van der Waals surface area contributed by atoms with Gasteiger partial charge in [0.25, 0.3) is 0 Å². The molecule has 2 unspecified atom stereocenters. The molecular weight excluding hydrogens is 421 g/mol. The highest BCUT2D eigenvalue weighted by atomic mass is 32.2. The van der Waals surface area contributed by atoms with E-state index in [1.165, 1.54) is 24.3 Å². The van der Waals surface area contributed by atoms with Gasteiger partial charge in [-0.2, -0.15) is 0 Å². The first-order chi connectivity index (χ1) is 14.8. The monoisotopic (exact) mass is 451 g/mol. The van der Waals surface area contributed by atoms with Crippen molar-refractivity contribution in [1.82, 2.24) is 4.90 Å². The Kier molecular flexibility index (Phi) is 8.28. The fourth-order valence-corrected chi connectivity index (χ4v) is 5.36. The lowest BCUT2D eigenvalue weighted by Crippen LogP contribution is -2.42. The van der Waals surface area contributed by atoms with Gasteiger partial charge in [0.1, 0.15) is 30.0 Å². The molecule has 3 rings (SSSR count). The largest absolute Gasteiger partial charge is 0.494 e. The number of rotatable bonds is 11. The Morgan fingerprint density at radius 3 is 2.35 bits per heavy atom. The fraction of sp³-hybridized carbons (Fsp3) is 0.478. The van der Waals surface area contributed by atoms with Gasteiger partial charge in [-0.05, 0) is 54.8 Å². The van der Waals surface area contributed by atoms with Crippen molar-refractivity contribution in [1.29, 1.82) is 0 Å². The summed E-state index contributed by atoms with van der Waals surface area (Å²) in [6, 6.07) is 13.2. The lowest BCUT2D eigenvalue weighted by molar-refractivity contribution is 0.0524. The van der Waals surface area contributed by atoms with Crippen LogP contribution in [0.2, 0.25) is 0 Å². The molecule has 2 aromatic rings. The second-order valence-electron chi connectivity index (χ2n) is 7.90. The van der Waals surface area contributed by atoms with E-state index in [2.05, 4.69) is 0 Å². The Hall–Kier alpha value is -2.16. The maximum atomic E-state index is 13.0. The number of aliphatic hydroxyl groups is 1. The van der Waals surface area contributed by atoms with Gasteiger partial charge in [-0.25, -0.2) is 12.8 Å². The number of hydrogen-bond donors (Lipinski definition) is 1. The molecule has 1 fully saturated rings. The van der Waals surface area contributed by atoms with Crippen LogP contribution in [-0.4, -0.2) is 61.8 Å². The predicted octanol–water partition coefficient (Wildman–Crippen LogP) is 3.04. The summed E-state index contributed by atoms with van der Waals surface area (Å²) in [7, 11) is -3.05. The summed E-state index contributed by atoms with van der Waals surface area (Å²) in [6.07, 6.45) is 0.662. The first kappa shape index (κ1) is 23.5. The van der Waals surface area contributed by atoms with Crippen LogP contribution in [0.3, 0.4) is 0 Å². The van der Waals surface area contributed by atoms with E-state index in [4.69, 9.17) is 9.47 Å². The summed E-state index contributed by atoms with van der Waals surface area (Å²) < 4.78 is 48.2. The summed E-state index contributed by atoms with van der Waals surface area (Å²) >= 11 is 0. The summed E-state index contributed by atoms with van der Waals surface area (Å²) in [5.74, 6) is 1.18. The average molecular weight is 452 g/mol. The van der Waals surface area contributed by atoms with Gasteiger partial charge in [-0.15, -0.1) is 0 Å². The van der Waals surface area contributed by atoms with Crippen LogP contribution >= 0.6 is 0 Å². The minimum atomic E-state index is -3.05. The Morgan fingerprint density at radius 1 is 1.10 bits per heavy atom. The zero-order valence-electron chi connectivity index (χ0n) is 17.7. The van der Waals surface area contributed by atoms with Crippen LogP contribution in [-0.2, 0) is 16.4 Å². The normalized spacial score (nSPS) is 18.8. The van der Waals surface area contributed by atoms with E-state index in [0.29, 0.717) is 25.3 Å². The number of benzene rings is 2. The second-order valence-corrected chi connectivity index (χ2v) is 10.1. The van der Waals surface area contributed by atoms with Crippen LogP contribution < -0.4 is 9.47 Å². The number of nitrogens with zero attached hydrogens (tertiary/aromatic N) is 1. The molecule has 2 aromatic carbocycles. The zero-order valence-corrected chi connectivity index (χ0v) is 18.6. The van der Waals surface area contributed by atoms with Gasteiger partial charge in [0.05, 0.1) is 18.1 Å². The summed E-state index contributed by atoms with van der Waals surface area (Å²) in [6.45, 7) is 3.53. The van der Waals surface area contributed by atoms with Crippen LogP contribution in [0.4, 0.5) is 4.39 Å². The average Bonchev–Trinajstić information content (AvgIpc) is 3.12. The third-order valence-corrected chi connectivity index (χ3v) is 6.96. The van der Waals surface area contributed by atoms with Crippen molar-refractivity contribution in [2.24, 2.45) is 0 Å². The highest BCUT2D eigenvalue weighted by Gasteiger charge is 2.33. The van der Waals surface area contributed by atoms with E-state index in [1.807, 2.05) is 36.1 Å². The van der Waals surface area contributed by atoms with Gasteiger partial charge >= 0.3 is 0 Å². The Bertz CT molecular complexity index is 918. The number of halogens is 1. The van der Waals surface area contributed by atoms with Gasteiger partial charge in [0, 0.05) is 19.1 Å². The van der Waals surface area contributed by atoms with Crippen LogP contribution in [0.25, 0.3) is 0 Å². The number of ether oxygens (including phenoxy) is 2. The lowest BCUT2D eigenvalue weighted by Gasteiger charge is -2.30. The minimum absolute atomic E-state index is 0.0331. The van der Waals surface area contributed by atoms with Crippen molar-refractivity contribution >= 4 is 9.84 Å². The third kappa shape index (κ3) is 7.48. The van der Waals surface area contributed by atoms with Crippen molar-refractivity contribution < 1.29 is 27.4 Å². The van der Waals surface area contributed by atoms with E-state index in [9.17, 15) is 17.9 Å². The van der Waals surface area contributed by atoms with Crippen molar-refractivity contribution in [3.8, 4) is 11.5 Å². The molecule has 0 radical (unpaired) electrons. The van der Waals surface area contributed by atoms with Crippen LogP contribution in [0.5, 0.6) is 11.5 Å². The zero-order chi connectivity index (χ0) is 22.3. The van der Waals surface area contributed by atoms with E-state index < -0.39 is 15.9 Å². The number of aliphatic hydroxyl groups excluding tert-OH is 1. The van der Waals surface area contributed by atoms with Gasteiger partial charge in [-0.3, -0.25) is 4.90 Å². The van der Waals surface area contributed by atoms with Crippen LogP contribution in [0.15, 0.2) is 48.5 Å². The third-order valence-electron chi connectivity index (χ3n) is 5.21. The van der Waals surface area contributed by atoms with Gasteiger partial charge in [0.15, 0.2) is 9.84 Å². The molecule has 6 nitrogen and oxygen atoms in total. The quantitative estimate of drug-likeness (QED) is 0.566. The van der Waals surface area contributed by atoms with E-state index in [1.54, 1.807) is 0 Å². The summed E-state index contributed by atoms with van der Waals surface area (Å²) in [5.41, 5.74) is 1.01. The molecule has 1 saturated heterocycles. The predicted molar refractivity (Wildman–Crippen MR) is 118 cm³/mol. The van der Waals surface area contributed by atoms with Gasteiger partial charge in [-0.1, -0.05) is 19.1 Å². The van der Waals surface area contributed by atoms with Crippen molar-refractivity contribution in [3.63, 3.8) is 0 Å². The smallest absolute Gasteiger partial charge is 0.151 e. The number of hydrogen-bond acceptors (Lipinski definition) is 6. The molecule has 0 aliphatic carbocycles. The summed E-state index contributed by atoms with van der Waals surface area (Å²) in [5, 5.41) is 10.5. The topological polar surface area (TPSA) is 76.1 Å². The molecular formula is C23H30FNO5S. The second kappa shape index (κ2) is 10.9. The maximum Gasteiger partial charge on any atom is 0.151 e. The SMILES string of the molecule is CCCOc1ccc(CN(CC(O)COc2ccc(F)cc2)C2CCS(=O)(=O)C2)cc1. The van der Waals surface area contributed by atoms with Gasteiger partial charge in [0.2, 0.25) is 0 Å². The molecule has 1 aliphatic heterocycles. The molecule has 1 aliphatic rings. The molecule has 0 saturated carbocycles. The molecule has 0 aromatic heterocycles. The highest BCUT2D eigenvalue weighted by Crippen LogP contribution is 2.22. The van der Waals surface area contributed by atoms with Crippen LogP contribution in [0, 0.1) is 5.82 Å². The molecule has 1 N–H and O–H groups in total. The first-order valence-electron chi connectivity index (χ1n) is 10.6. The molecule has 31 heavy (non-hydrogen) atoms. The Labute approximate surface area is 183 Å². The molecule has 0 spiro atoms. The van der Waals surface area contributed by atoms with E-state index >= 15 is 0 Å². The van der Waals surface area contributed by atoms with Crippen molar-refractivity contribution in [3.05, 3.63) is 59.9 Å².